The first kappa shape index (κ1) is 18.1. The number of carbonyl (C=O) groups excluding carboxylic acids is 2. The lowest BCUT2D eigenvalue weighted by Gasteiger charge is -2.15. The maximum Gasteiger partial charge on any atom is 0.249 e. The molecule has 0 aliphatic carbocycles. The smallest absolute Gasteiger partial charge is 0.249 e. The van der Waals surface area contributed by atoms with Crippen LogP contribution in [0, 0.1) is 0 Å². The number of carbonyl (C=O) groups is 2. The molecular weight excluding hydrogens is 328 g/mol. The number of nitrogens with zero attached hydrogens (tertiary/aromatic N) is 4. The lowest BCUT2D eigenvalue weighted by molar-refractivity contribution is -0.128. The first-order valence-corrected chi connectivity index (χ1v) is 7.47. The number of imidazole rings is 1. The molecule has 1 atom stereocenters. The van der Waals surface area contributed by atoms with Crippen molar-refractivity contribution >= 4 is 11.8 Å². The number of H-pyrrole nitrogens is 1. The molecule has 0 spiro atoms. The van der Waals surface area contributed by atoms with Gasteiger partial charge >= 0.3 is 0 Å². The van der Waals surface area contributed by atoms with Crippen LogP contribution in [0.2, 0.25) is 0 Å². The topological polar surface area (TPSA) is 150 Å². The first-order valence-electron chi connectivity index (χ1n) is 7.47. The minimum absolute atomic E-state index is 0.0667. The molecule has 0 saturated heterocycles. The fraction of sp³-hybridized carbons (Fsp3) is 0.357. The standard InChI is InChI=1S/C14H20N8O3/c1-9(7-23)3-18-22-6-11(20-21-22)4-16-14(25)13(19-10(2)24)12-5-15-8-17-12/h3,5-6,8,13,18,23H,4,7H2,1-2H3,(H,15,17)(H,16,25)(H,19,24)/b9-3-. The van der Waals surface area contributed by atoms with E-state index in [9.17, 15) is 9.59 Å². The summed E-state index contributed by atoms with van der Waals surface area (Å²) in [5, 5.41) is 21.9. The highest BCUT2D eigenvalue weighted by molar-refractivity contribution is 5.87. The van der Waals surface area contributed by atoms with Crippen LogP contribution in [-0.4, -0.2) is 48.6 Å². The van der Waals surface area contributed by atoms with Crippen molar-refractivity contribution in [1.82, 2.24) is 35.7 Å². The van der Waals surface area contributed by atoms with Crippen molar-refractivity contribution in [2.75, 3.05) is 12.0 Å². The molecule has 2 aromatic heterocycles. The van der Waals surface area contributed by atoms with Gasteiger partial charge in [-0.05, 0) is 17.7 Å². The number of aromatic amines is 1. The molecule has 5 N–H and O–H groups in total. The third-order valence-electron chi connectivity index (χ3n) is 3.12. The summed E-state index contributed by atoms with van der Waals surface area (Å²) in [6.07, 6.45) is 6.07. The van der Waals surface area contributed by atoms with Gasteiger partial charge in [0.15, 0.2) is 0 Å². The van der Waals surface area contributed by atoms with Gasteiger partial charge in [-0.2, -0.15) is 4.79 Å². The Morgan fingerprint density at radius 2 is 2.24 bits per heavy atom. The summed E-state index contributed by atoms with van der Waals surface area (Å²) in [4.78, 5) is 31.6. The van der Waals surface area contributed by atoms with E-state index in [1.807, 2.05) is 0 Å². The quantitative estimate of drug-likeness (QED) is 0.408. The highest BCUT2D eigenvalue weighted by Gasteiger charge is 2.22. The largest absolute Gasteiger partial charge is 0.392 e. The van der Waals surface area contributed by atoms with Crippen molar-refractivity contribution in [2.24, 2.45) is 0 Å². The first-order chi connectivity index (χ1) is 12.0. The predicted molar refractivity (Wildman–Crippen MR) is 87.2 cm³/mol. The molecule has 0 aliphatic heterocycles. The number of nitrogens with one attached hydrogen (secondary N) is 4. The molecule has 2 amide bonds. The fourth-order valence-electron chi connectivity index (χ4n) is 1.86. The second-order valence-electron chi connectivity index (χ2n) is 5.29. The summed E-state index contributed by atoms with van der Waals surface area (Å²) in [6, 6.07) is -0.872. The molecule has 1 unspecified atom stereocenters. The van der Waals surface area contributed by atoms with E-state index in [1.54, 1.807) is 19.3 Å². The van der Waals surface area contributed by atoms with E-state index in [0.29, 0.717) is 11.4 Å². The van der Waals surface area contributed by atoms with E-state index in [-0.39, 0.29) is 19.1 Å². The highest BCUT2D eigenvalue weighted by Crippen LogP contribution is 2.09. The van der Waals surface area contributed by atoms with Gasteiger partial charge < -0.3 is 20.7 Å². The van der Waals surface area contributed by atoms with Crippen molar-refractivity contribution in [2.45, 2.75) is 26.4 Å². The zero-order valence-corrected chi connectivity index (χ0v) is 13.9. The number of rotatable bonds is 8. The molecule has 11 heteroatoms. The molecule has 0 saturated carbocycles. The van der Waals surface area contributed by atoms with Gasteiger partial charge in [0.25, 0.3) is 0 Å². The van der Waals surface area contributed by atoms with Crippen LogP contribution in [0.1, 0.15) is 31.3 Å². The van der Waals surface area contributed by atoms with Crippen molar-refractivity contribution in [1.29, 1.82) is 0 Å². The summed E-state index contributed by atoms with van der Waals surface area (Å²) in [5.74, 6) is -0.742. The SMILES string of the molecule is CC(=O)NC(C(=O)NCc1cn(N/C=C(/C)CO)nn1)c1cnc[nH]1. The van der Waals surface area contributed by atoms with Gasteiger partial charge in [0.05, 0.1) is 37.6 Å². The van der Waals surface area contributed by atoms with Gasteiger partial charge in [0.1, 0.15) is 11.7 Å². The Morgan fingerprint density at radius 3 is 2.88 bits per heavy atom. The molecule has 0 radical (unpaired) electrons. The van der Waals surface area contributed by atoms with Gasteiger partial charge in [-0.25, -0.2) is 4.98 Å². The zero-order chi connectivity index (χ0) is 18.2. The molecule has 25 heavy (non-hydrogen) atoms. The molecule has 134 valence electrons. The second kappa shape index (κ2) is 8.59. The van der Waals surface area contributed by atoms with Crippen LogP contribution in [0.5, 0.6) is 0 Å². The zero-order valence-electron chi connectivity index (χ0n) is 13.9. The summed E-state index contributed by atoms with van der Waals surface area (Å²) >= 11 is 0. The minimum atomic E-state index is -0.872. The average molecular weight is 348 g/mol. The van der Waals surface area contributed by atoms with Crippen LogP contribution in [0.4, 0.5) is 0 Å². The molecule has 2 aromatic rings. The highest BCUT2D eigenvalue weighted by atomic mass is 16.3. The van der Waals surface area contributed by atoms with E-state index in [4.69, 9.17) is 5.11 Å². The Hall–Kier alpha value is -3.21. The maximum absolute atomic E-state index is 12.3. The summed E-state index contributed by atoms with van der Waals surface area (Å²) < 4.78 is 0. The maximum atomic E-state index is 12.3. The van der Waals surface area contributed by atoms with E-state index in [0.717, 1.165) is 5.57 Å². The fourth-order valence-corrected chi connectivity index (χ4v) is 1.86. The van der Waals surface area contributed by atoms with Gasteiger partial charge in [0, 0.05) is 13.1 Å². The molecule has 0 fully saturated rings. The van der Waals surface area contributed by atoms with Crippen LogP contribution in [-0.2, 0) is 16.1 Å². The molecule has 2 rings (SSSR count). The lowest BCUT2D eigenvalue weighted by Crippen LogP contribution is -2.39. The summed E-state index contributed by atoms with van der Waals surface area (Å²) in [5.41, 5.74) is 4.53. The lowest BCUT2D eigenvalue weighted by atomic mass is 10.2. The summed E-state index contributed by atoms with van der Waals surface area (Å²) in [7, 11) is 0. The molecule has 11 nitrogen and oxygen atoms in total. The average Bonchev–Trinajstić information content (AvgIpc) is 3.26. The number of aliphatic hydroxyl groups is 1. The van der Waals surface area contributed by atoms with Crippen LogP contribution >= 0.6 is 0 Å². The van der Waals surface area contributed by atoms with E-state index in [1.165, 1.54) is 24.2 Å². The number of aromatic nitrogens is 5. The van der Waals surface area contributed by atoms with E-state index in [2.05, 4.69) is 36.3 Å². The Balaban J connectivity index is 1.94. The third-order valence-corrected chi connectivity index (χ3v) is 3.12. The van der Waals surface area contributed by atoms with Crippen LogP contribution in [0.25, 0.3) is 0 Å². The van der Waals surface area contributed by atoms with Crippen LogP contribution in [0.3, 0.4) is 0 Å². The third kappa shape index (κ3) is 5.42. The van der Waals surface area contributed by atoms with Crippen LogP contribution in [0.15, 0.2) is 30.5 Å². The Morgan fingerprint density at radius 1 is 1.44 bits per heavy atom. The van der Waals surface area contributed by atoms with E-state index >= 15 is 0 Å². The van der Waals surface area contributed by atoms with Gasteiger partial charge in [-0.3, -0.25) is 15.0 Å². The van der Waals surface area contributed by atoms with Gasteiger partial charge in [-0.15, -0.1) is 5.10 Å². The van der Waals surface area contributed by atoms with Gasteiger partial charge in [0.2, 0.25) is 11.8 Å². The second-order valence-corrected chi connectivity index (χ2v) is 5.29. The normalized spacial score (nSPS) is 12.5. The molecule has 0 aromatic carbocycles. The number of amides is 2. The molecule has 0 aliphatic rings. The molecular formula is C14H20N8O3. The Kier molecular flexibility index (Phi) is 6.23. The number of hydrogen-bond acceptors (Lipinski definition) is 7. The molecule has 0 bridgehead atoms. The van der Waals surface area contributed by atoms with Crippen molar-refractivity contribution in [3.8, 4) is 0 Å². The van der Waals surface area contributed by atoms with Crippen molar-refractivity contribution < 1.29 is 14.7 Å². The van der Waals surface area contributed by atoms with Crippen molar-refractivity contribution in [3.63, 3.8) is 0 Å². The van der Waals surface area contributed by atoms with E-state index < -0.39 is 11.9 Å². The minimum Gasteiger partial charge on any atom is -0.392 e. The Bertz CT molecular complexity index is 737. The number of hydrogen-bond donors (Lipinski definition) is 5. The number of aliphatic hydroxyl groups excluding tert-OH is 1. The Labute approximate surface area is 143 Å². The van der Waals surface area contributed by atoms with Gasteiger partial charge in [-0.1, -0.05) is 0 Å². The predicted octanol–water partition coefficient (Wildman–Crippen LogP) is -1.07. The van der Waals surface area contributed by atoms with Crippen LogP contribution < -0.4 is 16.1 Å². The summed E-state index contributed by atoms with van der Waals surface area (Å²) in [6.45, 7) is 3.15. The van der Waals surface area contributed by atoms with Crippen molar-refractivity contribution in [3.05, 3.63) is 41.9 Å². The monoisotopic (exact) mass is 348 g/mol. The molecule has 2 heterocycles.